The average Bonchev–Trinajstić information content (AvgIpc) is 3.12. The molecule has 0 spiro atoms. The third kappa shape index (κ3) is 5.83. The summed E-state index contributed by atoms with van der Waals surface area (Å²) in [7, 11) is 0. The molecular formula is C27H27ClN2OS. The molecule has 0 bridgehead atoms. The summed E-state index contributed by atoms with van der Waals surface area (Å²) in [6, 6.07) is 28.7. The summed E-state index contributed by atoms with van der Waals surface area (Å²) in [6.45, 7) is 6.13. The van der Waals surface area contributed by atoms with Crippen LogP contribution in [0.1, 0.15) is 42.4 Å². The number of imidazole rings is 1. The van der Waals surface area contributed by atoms with Crippen LogP contribution in [0.4, 0.5) is 0 Å². The van der Waals surface area contributed by atoms with Crippen molar-refractivity contribution in [1.29, 1.82) is 0 Å². The topological polar surface area (TPSA) is 27.1 Å². The van der Waals surface area contributed by atoms with Crippen LogP contribution in [0.15, 0.2) is 94.9 Å². The molecule has 0 unspecified atom stereocenters. The highest BCUT2D eigenvalue weighted by molar-refractivity contribution is 7.99. The van der Waals surface area contributed by atoms with Gasteiger partial charge in [0.2, 0.25) is 0 Å². The monoisotopic (exact) mass is 462 g/mol. The smallest absolute Gasteiger partial charge is 0.136 e. The predicted molar refractivity (Wildman–Crippen MR) is 132 cm³/mol. The van der Waals surface area contributed by atoms with Gasteiger partial charge in [-0.05, 0) is 35.2 Å². The van der Waals surface area contributed by atoms with E-state index in [0.29, 0.717) is 19.1 Å². The Balaban J connectivity index is 1.67. The first kappa shape index (κ1) is 22.7. The van der Waals surface area contributed by atoms with Gasteiger partial charge in [0.15, 0.2) is 0 Å². The molecule has 3 nitrogen and oxygen atoms in total. The summed E-state index contributed by atoms with van der Waals surface area (Å²) >= 11 is 7.97. The molecule has 0 aliphatic rings. The fraction of sp³-hybridized carbons (Fsp3) is 0.222. The Kier molecular flexibility index (Phi) is 7.69. The first-order valence-electron chi connectivity index (χ1n) is 10.8. The van der Waals surface area contributed by atoms with Gasteiger partial charge in [-0.2, -0.15) is 0 Å². The molecule has 0 radical (unpaired) electrons. The van der Waals surface area contributed by atoms with Gasteiger partial charge < -0.3 is 9.30 Å². The quantitative estimate of drug-likeness (QED) is 0.256. The molecule has 4 aromatic rings. The van der Waals surface area contributed by atoms with Gasteiger partial charge in [-0.1, -0.05) is 104 Å². The number of halogens is 1. The minimum atomic E-state index is 0.293. The SMILES string of the molecule is CC(C)c1nc(COCc2ccccc2)n(Cc2ccccc2)c1Sc1cccc(Cl)c1. The van der Waals surface area contributed by atoms with Gasteiger partial charge >= 0.3 is 0 Å². The minimum Gasteiger partial charge on any atom is -0.369 e. The Morgan fingerprint density at radius 1 is 0.875 bits per heavy atom. The van der Waals surface area contributed by atoms with E-state index in [1.807, 2.05) is 42.5 Å². The van der Waals surface area contributed by atoms with Crippen molar-refractivity contribution >= 4 is 23.4 Å². The summed E-state index contributed by atoms with van der Waals surface area (Å²) in [5.74, 6) is 1.24. The first-order valence-corrected chi connectivity index (χ1v) is 12.0. The molecule has 164 valence electrons. The summed E-state index contributed by atoms with van der Waals surface area (Å²) in [6.07, 6.45) is 0. The maximum Gasteiger partial charge on any atom is 0.136 e. The van der Waals surface area contributed by atoms with Crippen molar-refractivity contribution in [3.63, 3.8) is 0 Å². The lowest BCUT2D eigenvalue weighted by molar-refractivity contribution is 0.0991. The van der Waals surface area contributed by atoms with Crippen LogP contribution in [-0.4, -0.2) is 9.55 Å². The highest BCUT2D eigenvalue weighted by atomic mass is 35.5. The number of aromatic nitrogens is 2. The summed E-state index contributed by atoms with van der Waals surface area (Å²) in [5.41, 5.74) is 3.48. The Hall–Kier alpha value is -2.53. The van der Waals surface area contributed by atoms with Crippen molar-refractivity contribution in [2.45, 2.75) is 49.4 Å². The molecule has 1 aromatic heterocycles. The van der Waals surface area contributed by atoms with Gasteiger partial charge in [0.25, 0.3) is 0 Å². The van der Waals surface area contributed by atoms with E-state index in [1.165, 1.54) is 5.56 Å². The predicted octanol–water partition coefficient (Wildman–Crippen LogP) is 7.58. The second-order valence-electron chi connectivity index (χ2n) is 7.98. The summed E-state index contributed by atoms with van der Waals surface area (Å²) in [4.78, 5) is 6.14. The Bertz CT molecular complexity index is 1140. The maximum atomic E-state index is 6.26. The van der Waals surface area contributed by atoms with Crippen LogP contribution >= 0.6 is 23.4 Å². The molecule has 0 atom stereocenters. The standard InChI is InChI=1S/C27H27ClN2OS/c1-20(2)26-27(32-24-15-9-14-23(28)16-24)30(17-21-10-5-3-6-11-21)25(29-26)19-31-18-22-12-7-4-8-13-22/h3-16,20H,17-19H2,1-2H3. The zero-order chi connectivity index (χ0) is 22.3. The highest BCUT2D eigenvalue weighted by Crippen LogP contribution is 2.36. The van der Waals surface area contributed by atoms with Crippen molar-refractivity contribution in [1.82, 2.24) is 9.55 Å². The molecule has 5 heteroatoms. The summed E-state index contributed by atoms with van der Waals surface area (Å²) in [5, 5.41) is 1.88. The Morgan fingerprint density at radius 2 is 1.56 bits per heavy atom. The molecule has 0 N–H and O–H groups in total. The molecule has 0 aliphatic heterocycles. The number of hydrogen-bond donors (Lipinski definition) is 0. The van der Waals surface area contributed by atoms with Gasteiger partial charge in [0, 0.05) is 16.5 Å². The van der Waals surface area contributed by atoms with Crippen LogP contribution < -0.4 is 0 Å². The van der Waals surface area contributed by atoms with Crippen LogP contribution in [0.25, 0.3) is 0 Å². The van der Waals surface area contributed by atoms with Crippen molar-refractivity contribution in [3.05, 3.63) is 113 Å². The largest absolute Gasteiger partial charge is 0.369 e. The fourth-order valence-electron chi connectivity index (χ4n) is 3.50. The molecular weight excluding hydrogens is 436 g/mol. The molecule has 4 rings (SSSR count). The van der Waals surface area contributed by atoms with Crippen LogP contribution in [0.2, 0.25) is 5.02 Å². The van der Waals surface area contributed by atoms with Gasteiger partial charge in [-0.3, -0.25) is 0 Å². The Morgan fingerprint density at radius 3 is 2.22 bits per heavy atom. The van der Waals surface area contributed by atoms with Gasteiger partial charge in [-0.25, -0.2) is 4.98 Å². The first-order chi connectivity index (χ1) is 15.6. The summed E-state index contributed by atoms with van der Waals surface area (Å²) < 4.78 is 8.38. The van der Waals surface area contributed by atoms with Crippen molar-refractivity contribution in [2.75, 3.05) is 0 Å². The van der Waals surface area contributed by atoms with Gasteiger partial charge in [0.1, 0.15) is 17.5 Å². The number of ether oxygens (including phenoxy) is 1. The molecule has 0 aliphatic carbocycles. The Labute approximate surface area is 199 Å². The second kappa shape index (κ2) is 10.9. The zero-order valence-electron chi connectivity index (χ0n) is 18.4. The van der Waals surface area contributed by atoms with E-state index < -0.39 is 0 Å². The second-order valence-corrected chi connectivity index (χ2v) is 9.48. The number of nitrogens with zero attached hydrogens (tertiary/aromatic N) is 2. The van der Waals surface area contributed by atoms with E-state index in [1.54, 1.807) is 11.8 Å². The van der Waals surface area contributed by atoms with Crippen molar-refractivity contribution < 1.29 is 4.74 Å². The van der Waals surface area contributed by atoms with E-state index >= 15 is 0 Å². The van der Waals surface area contributed by atoms with Crippen molar-refractivity contribution in [2.24, 2.45) is 0 Å². The third-order valence-electron chi connectivity index (χ3n) is 5.11. The van der Waals surface area contributed by atoms with E-state index in [-0.39, 0.29) is 0 Å². The van der Waals surface area contributed by atoms with E-state index in [0.717, 1.165) is 38.6 Å². The van der Waals surface area contributed by atoms with E-state index in [9.17, 15) is 0 Å². The van der Waals surface area contributed by atoms with Crippen LogP contribution in [0.5, 0.6) is 0 Å². The number of hydrogen-bond acceptors (Lipinski definition) is 3. The number of benzene rings is 3. The van der Waals surface area contributed by atoms with Crippen molar-refractivity contribution in [3.8, 4) is 0 Å². The van der Waals surface area contributed by atoms with Gasteiger partial charge in [-0.15, -0.1) is 0 Å². The molecule has 0 saturated heterocycles. The highest BCUT2D eigenvalue weighted by Gasteiger charge is 2.21. The molecule has 0 saturated carbocycles. The lowest BCUT2D eigenvalue weighted by Crippen LogP contribution is -2.08. The molecule has 1 heterocycles. The normalized spacial score (nSPS) is 11.2. The van der Waals surface area contributed by atoms with Crippen LogP contribution in [-0.2, 0) is 24.5 Å². The molecule has 3 aromatic carbocycles. The van der Waals surface area contributed by atoms with Gasteiger partial charge in [0.05, 0.1) is 12.3 Å². The zero-order valence-corrected chi connectivity index (χ0v) is 19.9. The van der Waals surface area contributed by atoms with E-state index in [4.69, 9.17) is 21.3 Å². The lowest BCUT2D eigenvalue weighted by atomic mass is 10.1. The minimum absolute atomic E-state index is 0.293. The third-order valence-corrected chi connectivity index (χ3v) is 6.46. The van der Waals surface area contributed by atoms with Crippen LogP contribution in [0.3, 0.4) is 0 Å². The maximum absolute atomic E-state index is 6.26. The molecule has 0 amide bonds. The fourth-order valence-corrected chi connectivity index (χ4v) is 4.98. The average molecular weight is 463 g/mol. The van der Waals surface area contributed by atoms with E-state index in [2.05, 4.69) is 60.9 Å². The molecule has 0 fully saturated rings. The lowest BCUT2D eigenvalue weighted by Gasteiger charge is -2.14. The van der Waals surface area contributed by atoms with Crippen LogP contribution in [0, 0.1) is 0 Å². The molecule has 32 heavy (non-hydrogen) atoms. The number of rotatable bonds is 9.